The number of hydrogen-bond donors (Lipinski definition) is 0. The first-order valence-corrected chi connectivity index (χ1v) is 14.7. The zero-order valence-electron chi connectivity index (χ0n) is 23.4. The molecule has 0 saturated heterocycles. The van der Waals surface area contributed by atoms with Crippen LogP contribution < -0.4 is 0 Å². The minimum atomic E-state index is 0.838. The number of nitrogens with zero attached hydrogens (tertiary/aromatic N) is 2. The third-order valence-corrected chi connectivity index (χ3v) is 8.91. The van der Waals surface area contributed by atoms with Crippen LogP contribution in [-0.2, 0) is 0 Å². The molecule has 204 valence electrons. The van der Waals surface area contributed by atoms with Crippen molar-refractivity contribution in [1.29, 1.82) is 0 Å². The molecule has 0 unspecified atom stereocenters. The van der Waals surface area contributed by atoms with Crippen molar-refractivity contribution in [2.45, 2.75) is 0 Å². The van der Waals surface area contributed by atoms with Crippen LogP contribution in [0, 0.1) is 0 Å². The van der Waals surface area contributed by atoms with Gasteiger partial charge < -0.3 is 8.83 Å². The van der Waals surface area contributed by atoms with E-state index in [1.165, 1.54) is 10.8 Å². The molecule has 0 atom stereocenters. The normalized spacial score (nSPS) is 12.1. The minimum absolute atomic E-state index is 0.838. The zero-order chi connectivity index (χ0) is 28.8. The van der Waals surface area contributed by atoms with E-state index >= 15 is 0 Å². The van der Waals surface area contributed by atoms with Crippen molar-refractivity contribution in [2.75, 3.05) is 0 Å². The largest absolute Gasteiger partial charge is 0.456 e. The van der Waals surface area contributed by atoms with E-state index in [0.29, 0.717) is 0 Å². The van der Waals surface area contributed by atoms with Crippen LogP contribution in [-0.4, -0.2) is 9.97 Å². The predicted octanol–water partition coefficient (Wildman–Crippen LogP) is 11.1. The van der Waals surface area contributed by atoms with Gasteiger partial charge in [0.1, 0.15) is 22.3 Å². The van der Waals surface area contributed by atoms with E-state index in [0.717, 1.165) is 88.1 Å². The van der Waals surface area contributed by atoms with Crippen molar-refractivity contribution >= 4 is 76.5 Å². The SMILES string of the molecule is c1ccc2c(c1)oc1c(-c3ccc(-c4cnc5c6ccccc6c6ccccc6c5n4)cc3)c3c(cc12)oc1ccccc13. The van der Waals surface area contributed by atoms with Crippen LogP contribution in [0.4, 0.5) is 0 Å². The number of furan rings is 2. The van der Waals surface area contributed by atoms with E-state index in [4.69, 9.17) is 18.8 Å². The summed E-state index contributed by atoms with van der Waals surface area (Å²) in [5.41, 5.74) is 9.21. The highest BCUT2D eigenvalue weighted by Gasteiger charge is 2.21. The van der Waals surface area contributed by atoms with E-state index in [2.05, 4.69) is 97.1 Å². The van der Waals surface area contributed by atoms with Crippen LogP contribution in [0.25, 0.3) is 98.8 Å². The van der Waals surface area contributed by atoms with E-state index in [-0.39, 0.29) is 0 Å². The Morgan fingerprint density at radius 2 is 1.00 bits per heavy atom. The standard InChI is InChI=1S/C40H22N2O2/c1-3-12-28-25(9-1)26-10-2-4-13-29(26)39-38(28)41-22-32(42-39)23-17-19-24(20-18-23)36-37-30-14-6-8-16-34(30)43-35(37)21-31-27-11-5-7-15-33(27)44-40(31)36/h1-22H. The first kappa shape index (κ1) is 23.6. The highest BCUT2D eigenvalue weighted by Crippen LogP contribution is 2.45. The molecule has 0 N–H and O–H groups in total. The number of rotatable bonds is 2. The van der Waals surface area contributed by atoms with Gasteiger partial charge in [-0.15, -0.1) is 0 Å². The van der Waals surface area contributed by atoms with Crippen LogP contribution in [0.1, 0.15) is 0 Å². The maximum absolute atomic E-state index is 6.54. The number of aromatic nitrogens is 2. The third kappa shape index (κ3) is 3.22. The van der Waals surface area contributed by atoms with Gasteiger partial charge in [0.15, 0.2) is 0 Å². The number of benzene rings is 7. The molecule has 7 aromatic carbocycles. The number of para-hydroxylation sites is 2. The van der Waals surface area contributed by atoms with Gasteiger partial charge in [0.05, 0.1) is 22.9 Å². The molecule has 4 nitrogen and oxygen atoms in total. The molecule has 4 heteroatoms. The molecule has 0 bridgehead atoms. The smallest absolute Gasteiger partial charge is 0.144 e. The van der Waals surface area contributed by atoms with Crippen molar-refractivity contribution in [2.24, 2.45) is 0 Å². The first-order valence-electron chi connectivity index (χ1n) is 14.7. The summed E-state index contributed by atoms with van der Waals surface area (Å²) in [6.07, 6.45) is 1.89. The lowest BCUT2D eigenvalue weighted by Crippen LogP contribution is -1.92. The lowest BCUT2D eigenvalue weighted by atomic mass is 9.95. The summed E-state index contributed by atoms with van der Waals surface area (Å²) in [6.45, 7) is 0. The number of fused-ring (bicyclic) bond motifs is 12. The van der Waals surface area contributed by atoms with Crippen LogP contribution >= 0.6 is 0 Å². The Morgan fingerprint density at radius 3 is 1.73 bits per heavy atom. The number of hydrogen-bond acceptors (Lipinski definition) is 4. The molecule has 3 aromatic heterocycles. The fourth-order valence-electron chi connectivity index (χ4n) is 6.91. The van der Waals surface area contributed by atoms with Crippen molar-refractivity contribution in [3.8, 4) is 22.4 Å². The third-order valence-electron chi connectivity index (χ3n) is 8.91. The van der Waals surface area contributed by atoms with Crippen LogP contribution in [0.5, 0.6) is 0 Å². The van der Waals surface area contributed by atoms with Gasteiger partial charge in [0.25, 0.3) is 0 Å². The first-order chi connectivity index (χ1) is 21.8. The molecule has 3 heterocycles. The monoisotopic (exact) mass is 562 g/mol. The van der Waals surface area contributed by atoms with Gasteiger partial charge in [-0.05, 0) is 34.5 Å². The van der Waals surface area contributed by atoms with E-state index in [1.807, 2.05) is 36.5 Å². The van der Waals surface area contributed by atoms with Crippen LogP contribution in [0.2, 0.25) is 0 Å². The fraction of sp³-hybridized carbons (Fsp3) is 0. The van der Waals surface area contributed by atoms with Crippen molar-refractivity contribution in [3.05, 3.63) is 134 Å². The van der Waals surface area contributed by atoms with Crippen LogP contribution in [0.3, 0.4) is 0 Å². The molecule has 10 rings (SSSR count). The maximum Gasteiger partial charge on any atom is 0.144 e. The van der Waals surface area contributed by atoms with Crippen LogP contribution in [0.15, 0.2) is 142 Å². The average molecular weight is 563 g/mol. The summed E-state index contributed by atoms with van der Waals surface area (Å²) < 4.78 is 12.9. The molecule has 10 aromatic rings. The second-order valence-corrected chi connectivity index (χ2v) is 11.3. The lowest BCUT2D eigenvalue weighted by molar-refractivity contribution is 0.664. The van der Waals surface area contributed by atoms with Gasteiger partial charge in [0.2, 0.25) is 0 Å². The van der Waals surface area contributed by atoms with Gasteiger partial charge in [0, 0.05) is 43.4 Å². The van der Waals surface area contributed by atoms with Gasteiger partial charge in [-0.1, -0.05) is 109 Å². The predicted molar refractivity (Wildman–Crippen MR) is 180 cm³/mol. The Hall–Kier alpha value is -6.00. The molecule has 0 aliphatic rings. The Labute approximate surface area is 250 Å². The summed E-state index contributed by atoms with van der Waals surface area (Å²) >= 11 is 0. The second-order valence-electron chi connectivity index (χ2n) is 11.3. The molecule has 44 heavy (non-hydrogen) atoms. The second kappa shape index (κ2) is 8.76. The Morgan fingerprint density at radius 1 is 0.432 bits per heavy atom. The molecule has 0 radical (unpaired) electrons. The van der Waals surface area contributed by atoms with Gasteiger partial charge >= 0.3 is 0 Å². The minimum Gasteiger partial charge on any atom is -0.456 e. The highest BCUT2D eigenvalue weighted by molar-refractivity contribution is 6.24. The molecule has 0 amide bonds. The summed E-state index contributed by atoms with van der Waals surface area (Å²) in [5, 5.41) is 8.86. The maximum atomic E-state index is 6.54. The van der Waals surface area contributed by atoms with Crippen molar-refractivity contribution in [1.82, 2.24) is 9.97 Å². The van der Waals surface area contributed by atoms with Gasteiger partial charge in [-0.25, -0.2) is 4.98 Å². The Bertz CT molecular complexity index is 2730. The van der Waals surface area contributed by atoms with Gasteiger partial charge in [-0.2, -0.15) is 0 Å². The molecule has 0 aliphatic carbocycles. The van der Waals surface area contributed by atoms with Crippen molar-refractivity contribution in [3.63, 3.8) is 0 Å². The molecular formula is C40H22N2O2. The summed E-state index contributed by atoms with van der Waals surface area (Å²) in [6, 6.07) is 44.0. The van der Waals surface area contributed by atoms with Crippen molar-refractivity contribution < 1.29 is 8.83 Å². The highest BCUT2D eigenvalue weighted by atomic mass is 16.3. The van der Waals surface area contributed by atoms with Gasteiger partial charge in [-0.3, -0.25) is 4.98 Å². The summed E-state index contributed by atoms with van der Waals surface area (Å²) in [5.74, 6) is 0. The Balaban J connectivity index is 1.20. The molecule has 0 aliphatic heterocycles. The molecule has 0 fully saturated rings. The van der Waals surface area contributed by atoms with E-state index in [9.17, 15) is 0 Å². The van der Waals surface area contributed by atoms with E-state index in [1.54, 1.807) is 0 Å². The topological polar surface area (TPSA) is 52.1 Å². The Kier molecular flexibility index (Phi) is 4.69. The van der Waals surface area contributed by atoms with E-state index < -0.39 is 0 Å². The molecular weight excluding hydrogens is 540 g/mol. The lowest BCUT2D eigenvalue weighted by Gasteiger charge is -2.11. The summed E-state index contributed by atoms with van der Waals surface area (Å²) in [7, 11) is 0. The quantitative estimate of drug-likeness (QED) is 0.197. The molecule has 0 spiro atoms. The fourth-order valence-corrected chi connectivity index (χ4v) is 6.91. The molecule has 0 saturated carbocycles. The summed E-state index contributed by atoms with van der Waals surface area (Å²) in [4.78, 5) is 10.2. The zero-order valence-corrected chi connectivity index (χ0v) is 23.4. The average Bonchev–Trinajstić information content (AvgIpc) is 3.65.